The fourth-order valence-electron chi connectivity index (χ4n) is 3.36. The molecule has 0 spiro atoms. The molecule has 1 aromatic heterocycles. The molecule has 3 heterocycles. The van der Waals surface area contributed by atoms with E-state index in [1.807, 2.05) is 35.2 Å². The summed E-state index contributed by atoms with van der Waals surface area (Å²) in [5.74, 6) is -0.0171. The minimum absolute atomic E-state index is 0. The summed E-state index contributed by atoms with van der Waals surface area (Å²) in [6.45, 7) is 1.57. The largest absolute Gasteiger partial charge is 0.336 e. The van der Waals surface area contributed by atoms with E-state index in [2.05, 4.69) is 15.6 Å². The standard InChI is InChI=1S/C16H19N5O.ClH/c22-16(20-9-8-12-6-7-13(10-20)17-12)15-11-21(19-18-15)14-4-2-1-3-5-14;/h1-5,11-13,17H,6-10H2;1H. The molecule has 6 nitrogen and oxygen atoms in total. The van der Waals surface area contributed by atoms with Crippen molar-refractivity contribution < 1.29 is 4.79 Å². The van der Waals surface area contributed by atoms with E-state index in [1.54, 1.807) is 10.9 Å². The maximum absolute atomic E-state index is 12.7. The molecule has 0 aliphatic carbocycles. The molecular formula is C16H20ClN5O. The van der Waals surface area contributed by atoms with Gasteiger partial charge in [0, 0.05) is 25.2 Å². The summed E-state index contributed by atoms with van der Waals surface area (Å²) in [7, 11) is 0. The number of fused-ring (bicyclic) bond motifs is 2. The van der Waals surface area contributed by atoms with Gasteiger partial charge in [0.2, 0.25) is 0 Å². The summed E-state index contributed by atoms with van der Waals surface area (Å²) >= 11 is 0. The molecule has 2 bridgehead atoms. The zero-order chi connectivity index (χ0) is 14.9. The van der Waals surface area contributed by atoms with Crippen LogP contribution in [0.15, 0.2) is 36.5 Å². The molecule has 2 aliphatic heterocycles. The van der Waals surface area contributed by atoms with Crippen LogP contribution in [-0.4, -0.2) is 51.0 Å². The van der Waals surface area contributed by atoms with E-state index in [0.29, 0.717) is 17.8 Å². The number of rotatable bonds is 2. The van der Waals surface area contributed by atoms with Crippen LogP contribution in [0.5, 0.6) is 0 Å². The zero-order valence-corrected chi connectivity index (χ0v) is 13.6. The number of nitrogens with one attached hydrogen (secondary N) is 1. The highest BCUT2D eigenvalue weighted by Gasteiger charge is 2.32. The topological polar surface area (TPSA) is 63.1 Å². The molecule has 2 aliphatic rings. The van der Waals surface area contributed by atoms with Crippen molar-refractivity contribution in [3.8, 4) is 5.69 Å². The third kappa shape index (κ3) is 3.23. The smallest absolute Gasteiger partial charge is 0.276 e. The van der Waals surface area contributed by atoms with Crippen molar-refractivity contribution in [1.82, 2.24) is 25.2 Å². The van der Waals surface area contributed by atoms with Gasteiger partial charge in [0.15, 0.2) is 5.69 Å². The quantitative estimate of drug-likeness (QED) is 0.907. The Morgan fingerprint density at radius 2 is 1.91 bits per heavy atom. The third-order valence-corrected chi connectivity index (χ3v) is 4.54. The first-order chi connectivity index (χ1) is 10.8. The van der Waals surface area contributed by atoms with Crippen molar-refractivity contribution in [2.75, 3.05) is 13.1 Å². The molecule has 2 unspecified atom stereocenters. The second-order valence-corrected chi connectivity index (χ2v) is 6.06. The van der Waals surface area contributed by atoms with Gasteiger partial charge in [-0.05, 0) is 31.4 Å². The van der Waals surface area contributed by atoms with Crippen molar-refractivity contribution in [3.63, 3.8) is 0 Å². The Morgan fingerprint density at radius 3 is 2.74 bits per heavy atom. The van der Waals surface area contributed by atoms with Gasteiger partial charge in [-0.25, -0.2) is 4.68 Å². The monoisotopic (exact) mass is 333 g/mol. The predicted molar refractivity (Wildman–Crippen MR) is 89.1 cm³/mol. The maximum atomic E-state index is 12.7. The summed E-state index contributed by atoms with van der Waals surface area (Å²) in [5.41, 5.74) is 1.33. The molecule has 4 rings (SSSR count). The molecule has 122 valence electrons. The number of hydrogen-bond acceptors (Lipinski definition) is 4. The van der Waals surface area contributed by atoms with Gasteiger partial charge in [-0.2, -0.15) is 0 Å². The van der Waals surface area contributed by atoms with E-state index < -0.39 is 0 Å². The van der Waals surface area contributed by atoms with Gasteiger partial charge < -0.3 is 10.2 Å². The van der Waals surface area contributed by atoms with E-state index in [1.165, 1.54) is 6.42 Å². The third-order valence-electron chi connectivity index (χ3n) is 4.54. The number of likely N-dealkylation sites (tertiary alicyclic amines) is 1. The molecule has 1 aromatic carbocycles. The van der Waals surface area contributed by atoms with E-state index in [-0.39, 0.29) is 18.3 Å². The minimum Gasteiger partial charge on any atom is -0.336 e. The Labute approximate surface area is 141 Å². The number of para-hydroxylation sites is 1. The summed E-state index contributed by atoms with van der Waals surface area (Å²) < 4.78 is 1.65. The van der Waals surface area contributed by atoms with Gasteiger partial charge in [-0.3, -0.25) is 4.79 Å². The SMILES string of the molecule is Cl.O=C(c1cn(-c2ccccc2)nn1)N1CCC2CCC(C1)N2. The van der Waals surface area contributed by atoms with E-state index in [4.69, 9.17) is 0 Å². The lowest BCUT2D eigenvalue weighted by molar-refractivity contribution is 0.0742. The van der Waals surface area contributed by atoms with Crippen molar-refractivity contribution in [1.29, 1.82) is 0 Å². The molecule has 2 fully saturated rings. The maximum Gasteiger partial charge on any atom is 0.276 e. The van der Waals surface area contributed by atoms with Gasteiger partial charge in [0.05, 0.1) is 11.9 Å². The van der Waals surface area contributed by atoms with E-state index in [0.717, 1.165) is 31.6 Å². The van der Waals surface area contributed by atoms with Crippen LogP contribution in [0.1, 0.15) is 29.8 Å². The molecular weight excluding hydrogens is 314 g/mol. The van der Waals surface area contributed by atoms with Crippen LogP contribution in [0.4, 0.5) is 0 Å². The van der Waals surface area contributed by atoms with Crippen LogP contribution < -0.4 is 5.32 Å². The van der Waals surface area contributed by atoms with E-state index >= 15 is 0 Å². The summed E-state index contributed by atoms with van der Waals surface area (Å²) in [6.07, 6.45) is 5.13. The number of carbonyl (C=O) groups is 1. The molecule has 2 atom stereocenters. The van der Waals surface area contributed by atoms with Crippen molar-refractivity contribution in [2.24, 2.45) is 0 Å². The molecule has 0 radical (unpaired) electrons. The highest BCUT2D eigenvalue weighted by molar-refractivity contribution is 5.92. The van der Waals surface area contributed by atoms with Crippen LogP contribution >= 0.6 is 12.4 Å². The zero-order valence-electron chi connectivity index (χ0n) is 12.8. The van der Waals surface area contributed by atoms with Crippen molar-refractivity contribution in [3.05, 3.63) is 42.2 Å². The Morgan fingerprint density at radius 1 is 1.13 bits per heavy atom. The Balaban J connectivity index is 0.00000156. The number of amides is 1. The molecule has 2 saturated heterocycles. The van der Waals surface area contributed by atoms with Crippen LogP contribution in [0.2, 0.25) is 0 Å². The van der Waals surface area contributed by atoms with Crippen LogP contribution in [0.25, 0.3) is 5.69 Å². The first-order valence-corrected chi connectivity index (χ1v) is 7.83. The van der Waals surface area contributed by atoms with Crippen molar-refractivity contribution in [2.45, 2.75) is 31.3 Å². The predicted octanol–water partition coefficient (Wildman–Crippen LogP) is 1.66. The lowest BCUT2D eigenvalue weighted by Gasteiger charge is -2.23. The second kappa shape index (κ2) is 6.68. The molecule has 23 heavy (non-hydrogen) atoms. The Hall–Kier alpha value is -1.92. The molecule has 0 saturated carbocycles. The second-order valence-electron chi connectivity index (χ2n) is 6.06. The fraction of sp³-hybridized carbons (Fsp3) is 0.438. The first-order valence-electron chi connectivity index (χ1n) is 7.83. The highest BCUT2D eigenvalue weighted by atomic mass is 35.5. The Kier molecular flexibility index (Phi) is 4.63. The van der Waals surface area contributed by atoms with Gasteiger partial charge in [-0.1, -0.05) is 23.4 Å². The molecule has 2 aromatic rings. The number of halogens is 1. The lowest BCUT2D eigenvalue weighted by Crippen LogP contribution is -2.39. The van der Waals surface area contributed by atoms with Crippen molar-refractivity contribution >= 4 is 18.3 Å². The highest BCUT2D eigenvalue weighted by Crippen LogP contribution is 2.21. The number of hydrogen-bond donors (Lipinski definition) is 1. The minimum atomic E-state index is -0.0171. The van der Waals surface area contributed by atoms with Gasteiger partial charge in [-0.15, -0.1) is 17.5 Å². The lowest BCUT2D eigenvalue weighted by atomic mass is 10.1. The van der Waals surface area contributed by atoms with Crippen LogP contribution in [0, 0.1) is 0 Å². The van der Waals surface area contributed by atoms with Gasteiger partial charge in [0.1, 0.15) is 0 Å². The number of nitrogens with zero attached hydrogens (tertiary/aromatic N) is 4. The molecule has 1 amide bonds. The number of aromatic nitrogens is 3. The van der Waals surface area contributed by atoms with E-state index in [9.17, 15) is 4.79 Å². The summed E-state index contributed by atoms with van der Waals surface area (Å²) in [6, 6.07) is 10.7. The number of carbonyl (C=O) groups excluding carboxylic acids is 1. The van der Waals surface area contributed by atoms with Crippen LogP contribution in [-0.2, 0) is 0 Å². The summed E-state index contributed by atoms with van der Waals surface area (Å²) in [4.78, 5) is 14.6. The molecule has 7 heteroatoms. The molecule has 1 N–H and O–H groups in total. The van der Waals surface area contributed by atoms with Gasteiger partial charge >= 0.3 is 0 Å². The number of benzene rings is 1. The van der Waals surface area contributed by atoms with Crippen LogP contribution in [0.3, 0.4) is 0 Å². The first kappa shape index (κ1) is 16.0. The van der Waals surface area contributed by atoms with Gasteiger partial charge in [0.25, 0.3) is 5.91 Å². The normalized spacial score (nSPS) is 23.2. The average Bonchev–Trinajstić information content (AvgIpc) is 3.14. The Bertz CT molecular complexity index is 674. The average molecular weight is 334 g/mol. The summed E-state index contributed by atoms with van der Waals surface area (Å²) in [5, 5.41) is 11.7. The fourth-order valence-corrected chi connectivity index (χ4v) is 3.36.